The molecule has 0 radical (unpaired) electrons. The van der Waals surface area contributed by atoms with Crippen molar-refractivity contribution in [1.82, 2.24) is 15.0 Å². The Kier molecular flexibility index (Phi) is 5.86. The minimum absolute atomic E-state index is 0.0638. The lowest BCUT2D eigenvalue weighted by Crippen LogP contribution is -2.26. The Hall–Kier alpha value is -1.28. The van der Waals surface area contributed by atoms with Crippen LogP contribution < -0.4 is 10.0 Å². The van der Waals surface area contributed by atoms with Crippen molar-refractivity contribution in [1.29, 1.82) is 0 Å². The Morgan fingerprint density at radius 2 is 2.14 bits per heavy atom. The van der Waals surface area contributed by atoms with Gasteiger partial charge >= 0.3 is 0 Å². The van der Waals surface area contributed by atoms with Gasteiger partial charge in [-0.3, -0.25) is 0 Å². The number of aromatic nitrogens is 1. The third-order valence-corrected chi connectivity index (χ3v) is 5.21. The standard InChI is InChI=1S/C14H19N3O2S2/c1-2-15-10-12-5-6-14(16-11-12)21(18,19)17-8-7-13-4-3-9-20-13/h3-6,9,11,15,17H,2,7-8,10H2,1H3. The maximum Gasteiger partial charge on any atom is 0.258 e. The lowest BCUT2D eigenvalue weighted by Gasteiger charge is -2.06. The van der Waals surface area contributed by atoms with Gasteiger partial charge in [0.2, 0.25) is 0 Å². The van der Waals surface area contributed by atoms with Gasteiger partial charge in [-0.2, -0.15) is 0 Å². The molecule has 0 unspecified atom stereocenters. The van der Waals surface area contributed by atoms with Crippen LogP contribution in [0.25, 0.3) is 0 Å². The van der Waals surface area contributed by atoms with Gasteiger partial charge in [0.05, 0.1) is 0 Å². The third kappa shape index (κ3) is 4.89. The van der Waals surface area contributed by atoms with Crippen LogP contribution in [0, 0.1) is 0 Å². The Morgan fingerprint density at radius 1 is 1.29 bits per heavy atom. The average molecular weight is 325 g/mol. The van der Waals surface area contributed by atoms with E-state index in [9.17, 15) is 8.42 Å². The minimum atomic E-state index is -3.53. The summed E-state index contributed by atoms with van der Waals surface area (Å²) >= 11 is 1.62. The molecule has 5 nitrogen and oxygen atoms in total. The molecule has 0 aromatic carbocycles. The maximum atomic E-state index is 12.1. The van der Waals surface area contributed by atoms with Gasteiger partial charge in [-0.15, -0.1) is 11.3 Å². The number of nitrogens with one attached hydrogen (secondary N) is 2. The highest BCUT2D eigenvalue weighted by Crippen LogP contribution is 2.10. The molecule has 0 amide bonds. The van der Waals surface area contributed by atoms with Gasteiger partial charge in [0.15, 0.2) is 5.03 Å². The van der Waals surface area contributed by atoms with Crippen molar-refractivity contribution < 1.29 is 8.42 Å². The lowest BCUT2D eigenvalue weighted by molar-refractivity contribution is 0.577. The highest BCUT2D eigenvalue weighted by atomic mass is 32.2. The van der Waals surface area contributed by atoms with Crippen LogP contribution in [-0.4, -0.2) is 26.5 Å². The summed E-state index contributed by atoms with van der Waals surface area (Å²) < 4.78 is 26.8. The van der Waals surface area contributed by atoms with Gasteiger partial charge in [0.25, 0.3) is 10.0 Å². The summed E-state index contributed by atoms with van der Waals surface area (Å²) in [5, 5.41) is 5.21. The second kappa shape index (κ2) is 7.65. The van der Waals surface area contributed by atoms with Crippen molar-refractivity contribution in [2.24, 2.45) is 0 Å². The molecule has 0 saturated heterocycles. The smallest absolute Gasteiger partial charge is 0.258 e. The van der Waals surface area contributed by atoms with Crippen LogP contribution in [0.5, 0.6) is 0 Å². The molecule has 0 spiro atoms. The topological polar surface area (TPSA) is 71.1 Å². The first-order valence-electron chi connectivity index (χ1n) is 6.79. The number of thiophene rings is 1. The van der Waals surface area contributed by atoms with E-state index in [1.165, 1.54) is 0 Å². The summed E-state index contributed by atoms with van der Waals surface area (Å²) in [6.07, 6.45) is 2.28. The second-order valence-corrected chi connectivity index (χ2v) is 7.26. The Labute approximate surface area is 129 Å². The first-order valence-corrected chi connectivity index (χ1v) is 9.16. The number of nitrogens with zero attached hydrogens (tertiary/aromatic N) is 1. The largest absolute Gasteiger partial charge is 0.313 e. The Morgan fingerprint density at radius 3 is 2.76 bits per heavy atom. The van der Waals surface area contributed by atoms with Gasteiger partial charge < -0.3 is 5.32 Å². The number of hydrogen-bond acceptors (Lipinski definition) is 5. The normalized spacial score (nSPS) is 11.7. The molecule has 0 aliphatic heterocycles. The molecular weight excluding hydrogens is 306 g/mol. The first kappa shape index (κ1) is 16.1. The molecule has 2 N–H and O–H groups in total. The molecule has 21 heavy (non-hydrogen) atoms. The van der Waals surface area contributed by atoms with E-state index in [4.69, 9.17) is 0 Å². The van der Waals surface area contributed by atoms with E-state index < -0.39 is 10.0 Å². The molecule has 0 fully saturated rings. The summed E-state index contributed by atoms with van der Waals surface area (Å²) in [5.74, 6) is 0. The van der Waals surface area contributed by atoms with Crippen molar-refractivity contribution in [3.8, 4) is 0 Å². The Bertz CT molecular complexity index is 637. The molecule has 0 atom stereocenters. The summed E-state index contributed by atoms with van der Waals surface area (Å²) in [4.78, 5) is 5.19. The van der Waals surface area contributed by atoms with Gasteiger partial charge in [-0.25, -0.2) is 18.1 Å². The van der Waals surface area contributed by atoms with Crippen molar-refractivity contribution >= 4 is 21.4 Å². The monoisotopic (exact) mass is 325 g/mol. The van der Waals surface area contributed by atoms with E-state index in [2.05, 4.69) is 15.0 Å². The summed E-state index contributed by atoms with van der Waals surface area (Å²) in [5.41, 5.74) is 0.967. The fourth-order valence-electron chi connectivity index (χ4n) is 1.78. The zero-order valence-corrected chi connectivity index (χ0v) is 13.5. The molecule has 2 heterocycles. The molecular formula is C14H19N3O2S2. The molecule has 2 aromatic heterocycles. The molecule has 2 rings (SSSR count). The summed E-state index contributed by atoms with van der Waals surface area (Å²) in [6, 6.07) is 7.27. The molecule has 0 bridgehead atoms. The number of hydrogen-bond donors (Lipinski definition) is 2. The predicted octanol–water partition coefficient (Wildman–Crippen LogP) is 1.77. The first-order chi connectivity index (χ1) is 10.1. The number of pyridine rings is 1. The van der Waals surface area contributed by atoms with Gasteiger partial charge in [0.1, 0.15) is 0 Å². The lowest BCUT2D eigenvalue weighted by atomic mass is 10.3. The SMILES string of the molecule is CCNCc1ccc(S(=O)(=O)NCCc2cccs2)nc1. The summed E-state index contributed by atoms with van der Waals surface area (Å²) in [7, 11) is -3.53. The highest BCUT2D eigenvalue weighted by Gasteiger charge is 2.14. The number of rotatable bonds is 8. The predicted molar refractivity (Wildman–Crippen MR) is 84.8 cm³/mol. The van der Waals surface area contributed by atoms with E-state index in [-0.39, 0.29) is 5.03 Å². The molecule has 2 aromatic rings. The Balaban J connectivity index is 1.92. The van der Waals surface area contributed by atoms with Crippen LogP contribution in [-0.2, 0) is 23.0 Å². The molecule has 0 saturated carbocycles. The summed E-state index contributed by atoms with van der Waals surface area (Å²) in [6.45, 7) is 3.95. The van der Waals surface area contributed by atoms with Crippen LogP contribution in [0.15, 0.2) is 40.9 Å². The van der Waals surface area contributed by atoms with Gasteiger partial charge in [0, 0.05) is 24.2 Å². The third-order valence-electron chi connectivity index (χ3n) is 2.90. The second-order valence-electron chi connectivity index (χ2n) is 4.51. The fourth-order valence-corrected chi connectivity index (χ4v) is 3.45. The van der Waals surface area contributed by atoms with Crippen LogP contribution in [0.3, 0.4) is 0 Å². The van der Waals surface area contributed by atoms with Crippen molar-refractivity contribution in [2.75, 3.05) is 13.1 Å². The van der Waals surface area contributed by atoms with Gasteiger partial charge in [-0.05, 0) is 36.0 Å². The van der Waals surface area contributed by atoms with E-state index in [1.54, 1.807) is 29.7 Å². The van der Waals surface area contributed by atoms with Crippen molar-refractivity contribution in [2.45, 2.75) is 24.9 Å². The zero-order chi connectivity index (χ0) is 15.1. The molecule has 0 aliphatic rings. The fraction of sp³-hybridized carbons (Fsp3) is 0.357. The van der Waals surface area contributed by atoms with Crippen molar-refractivity contribution in [3.05, 3.63) is 46.3 Å². The minimum Gasteiger partial charge on any atom is -0.313 e. The molecule has 7 heteroatoms. The van der Waals surface area contributed by atoms with Crippen LogP contribution in [0.4, 0.5) is 0 Å². The molecule has 0 aliphatic carbocycles. The van der Waals surface area contributed by atoms with Gasteiger partial charge in [-0.1, -0.05) is 19.1 Å². The maximum absolute atomic E-state index is 12.1. The van der Waals surface area contributed by atoms with E-state index in [0.29, 0.717) is 19.5 Å². The van der Waals surface area contributed by atoms with Crippen LogP contribution in [0.2, 0.25) is 0 Å². The van der Waals surface area contributed by atoms with E-state index in [1.807, 2.05) is 24.4 Å². The van der Waals surface area contributed by atoms with Crippen molar-refractivity contribution in [3.63, 3.8) is 0 Å². The van der Waals surface area contributed by atoms with E-state index in [0.717, 1.165) is 17.0 Å². The number of sulfonamides is 1. The quantitative estimate of drug-likeness (QED) is 0.776. The average Bonchev–Trinajstić information content (AvgIpc) is 2.98. The highest BCUT2D eigenvalue weighted by molar-refractivity contribution is 7.89. The van der Waals surface area contributed by atoms with Crippen LogP contribution in [0.1, 0.15) is 17.4 Å². The zero-order valence-electron chi connectivity index (χ0n) is 11.9. The van der Waals surface area contributed by atoms with Crippen LogP contribution >= 0.6 is 11.3 Å². The molecule has 114 valence electrons. The van der Waals surface area contributed by atoms with E-state index >= 15 is 0 Å².